The number of carbonyl (C=O) groups is 1. The molecule has 1 aliphatic carbocycles. The zero-order valence-electron chi connectivity index (χ0n) is 21.8. The third kappa shape index (κ3) is 6.17. The maximum atomic E-state index is 12.8. The van der Waals surface area contributed by atoms with Crippen LogP contribution in [0.1, 0.15) is 38.2 Å². The van der Waals surface area contributed by atoms with Gasteiger partial charge in [-0.1, -0.05) is 6.92 Å². The van der Waals surface area contributed by atoms with Crippen molar-refractivity contribution in [3.05, 3.63) is 42.5 Å². The molecule has 206 valence electrons. The molecule has 3 aliphatic rings. The fraction of sp³-hybridized carbons (Fsp3) is 0.615. The van der Waals surface area contributed by atoms with Crippen LogP contribution in [0.15, 0.2) is 36.9 Å². The molecule has 4 heterocycles. The number of hydrogen-bond acceptors (Lipinski definition) is 8. The summed E-state index contributed by atoms with van der Waals surface area (Å²) in [5.41, 5.74) is 1.06. The Kier molecular flexibility index (Phi) is 7.71. The minimum Gasteiger partial charge on any atom is -0.476 e. The quantitative estimate of drug-likeness (QED) is 0.506. The lowest BCUT2D eigenvalue weighted by Gasteiger charge is -2.41. The molecule has 3 fully saturated rings. The molecule has 1 N–H and O–H groups in total. The molecule has 1 saturated carbocycles. The largest absolute Gasteiger partial charge is 0.476 e. The first-order chi connectivity index (χ1) is 18.2. The van der Waals surface area contributed by atoms with Crippen LogP contribution in [0.2, 0.25) is 0 Å². The molecule has 2 aliphatic heterocycles. The van der Waals surface area contributed by atoms with Gasteiger partial charge in [-0.05, 0) is 61.1 Å². The Morgan fingerprint density at radius 2 is 1.84 bits per heavy atom. The van der Waals surface area contributed by atoms with E-state index in [0.717, 1.165) is 31.2 Å². The summed E-state index contributed by atoms with van der Waals surface area (Å²) >= 11 is 0. The lowest BCUT2D eigenvalue weighted by Crippen LogP contribution is -2.50. The molecule has 2 aromatic rings. The number of piperazine rings is 1. The van der Waals surface area contributed by atoms with Gasteiger partial charge in [0, 0.05) is 51.2 Å². The normalized spacial score (nSPS) is 23.7. The number of anilines is 1. The van der Waals surface area contributed by atoms with Crippen LogP contribution in [0, 0.1) is 11.3 Å². The molecule has 2 atom stereocenters. The van der Waals surface area contributed by atoms with E-state index >= 15 is 0 Å². The Morgan fingerprint density at radius 3 is 2.47 bits per heavy atom. The van der Waals surface area contributed by atoms with Crippen LogP contribution in [0.3, 0.4) is 0 Å². The fourth-order valence-corrected chi connectivity index (χ4v) is 6.95. The second-order valence-corrected chi connectivity index (χ2v) is 13.0. The molecule has 11 nitrogen and oxygen atoms in total. The molecule has 2 aromatic heterocycles. The molecule has 0 radical (unpaired) electrons. The first-order valence-corrected chi connectivity index (χ1v) is 14.9. The van der Waals surface area contributed by atoms with Crippen LogP contribution in [0.25, 0.3) is 0 Å². The van der Waals surface area contributed by atoms with Gasteiger partial charge in [0.15, 0.2) is 0 Å². The van der Waals surface area contributed by atoms with E-state index in [1.807, 2.05) is 17.0 Å². The van der Waals surface area contributed by atoms with Crippen molar-refractivity contribution in [3.63, 3.8) is 0 Å². The monoisotopic (exact) mass is 544 g/mol. The summed E-state index contributed by atoms with van der Waals surface area (Å²) in [6.07, 6.45) is 10.0. The van der Waals surface area contributed by atoms with E-state index in [-0.39, 0.29) is 23.1 Å². The maximum absolute atomic E-state index is 12.8. The van der Waals surface area contributed by atoms with E-state index in [4.69, 9.17) is 4.74 Å². The number of pyridine rings is 1. The third-order valence-corrected chi connectivity index (χ3v) is 10.1. The number of aryl methyl sites for hydroxylation is 1. The zero-order chi connectivity index (χ0) is 26.8. The SMILES string of the molecule is CC1(C2CC(COc3cnc(N4CCN(S(=O)(=O)CCc5ccncc5)CC4)cn3)CCN2C(=O)O)CC1. The summed E-state index contributed by atoms with van der Waals surface area (Å²) in [4.78, 5) is 28.2. The standard InChI is InChI=1S/C26H36N6O5S/c1-26(6-7-26)22-16-21(4-10-32(22)25(33)34)19-37-24-18-28-23(17-29-24)30-11-13-31(14-12-30)38(35,36)15-5-20-2-8-27-9-3-20/h2-3,8-9,17-18,21-22H,4-7,10-16,19H2,1H3,(H,33,34). The highest BCUT2D eigenvalue weighted by molar-refractivity contribution is 7.89. The Morgan fingerprint density at radius 1 is 1.11 bits per heavy atom. The number of aromatic nitrogens is 3. The Hall–Kier alpha value is -2.99. The number of ether oxygens (including phenoxy) is 1. The Balaban J connectivity index is 1.08. The molecule has 0 spiro atoms. The summed E-state index contributed by atoms with van der Waals surface area (Å²) in [5.74, 6) is 1.50. The molecular formula is C26H36N6O5S. The summed E-state index contributed by atoms with van der Waals surface area (Å²) < 4.78 is 33.1. The van der Waals surface area contributed by atoms with Gasteiger partial charge in [0.25, 0.3) is 0 Å². The van der Waals surface area contributed by atoms with Crippen LogP contribution in [0.4, 0.5) is 10.6 Å². The van der Waals surface area contributed by atoms with Gasteiger partial charge in [0.2, 0.25) is 15.9 Å². The molecular weight excluding hydrogens is 508 g/mol. The molecule has 38 heavy (non-hydrogen) atoms. The first kappa shape index (κ1) is 26.6. The van der Waals surface area contributed by atoms with Gasteiger partial charge in [0.05, 0.1) is 24.8 Å². The van der Waals surface area contributed by atoms with Gasteiger partial charge in [-0.25, -0.2) is 23.2 Å². The zero-order valence-corrected chi connectivity index (χ0v) is 22.6. The lowest BCUT2D eigenvalue weighted by molar-refractivity contribution is 0.0483. The average Bonchev–Trinajstić information content (AvgIpc) is 3.70. The predicted molar refractivity (Wildman–Crippen MR) is 142 cm³/mol. The van der Waals surface area contributed by atoms with Crippen molar-refractivity contribution in [1.29, 1.82) is 0 Å². The molecule has 12 heteroatoms. The molecule has 1 amide bonds. The average molecular weight is 545 g/mol. The lowest BCUT2D eigenvalue weighted by atomic mass is 9.83. The van der Waals surface area contributed by atoms with Crippen molar-refractivity contribution in [2.75, 3.05) is 50.0 Å². The van der Waals surface area contributed by atoms with Gasteiger partial charge in [0.1, 0.15) is 5.82 Å². The highest BCUT2D eigenvalue weighted by Gasteiger charge is 2.50. The summed E-state index contributed by atoms with van der Waals surface area (Å²) in [5, 5.41) is 9.59. The number of likely N-dealkylation sites (tertiary alicyclic amines) is 1. The van der Waals surface area contributed by atoms with E-state index in [1.54, 1.807) is 34.0 Å². The van der Waals surface area contributed by atoms with Crippen LogP contribution in [-0.2, 0) is 16.4 Å². The highest BCUT2D eigenvalue weighted by atomic mass is 32.2. The fourth-order valence-electron chi connectivity index (χ4n) is 5.48. The van der Waals surface area contributed by atoms with Crippen LogP contribution >= 0.6 is 0 Å². The van der Waals surface area contributed by atoms with Gasteiger partial charge in [-0.2, -0.15) is 4.31 Å². The third-order valence-electron chi connectivity index (χ3n) is 8.24. The topological polar surface area (TPSA) is 129 Å². The minimum atomic E-state index is -3.34. The molecule has 0 aromatic carbocycles. The minimum absolute atomic E-state index is 0.0499. The number of hydrogen-bond donors (Lipinski definition) is 1. The van der Waals surface area contributed by atoms with E-state index in [2.05, 4.69) is 21.9 Å². The molecule has 2 saturated heterocycles. The Bertz CT molecular complexity index is 1200. The second kappa shape index (κ2) is 11.0. The van der Waals surface area contributed by atoms with Crippen LogP contribution in [-0.4, -0.2) is 94.9 Å². The number of piperidine rings is 1. The van der Waals surface area contributed by atoms with E-state index in [1.165, 1.54) is 0 Å². The summed E-state index contributed by atoms with van der Waals surface area (Å²) in [6.45, 7) is 5.13. The van der Waals surface area contributed by atoms with Crippen molar-refractivity contribution in [2.24, 2.45) is 11.3 Å². The van der Waals surface area contributed by atoms with Crippen molar-refractivity contribution < 1.29 is 23.1 Å². The predicted octanol–water partition coefficient (Wildman–Crippen LogP) is 2.50. The highest BCUT2D eigenvalue weighted by Crippen LogP contribution is 2.53. The van der Waals surface area contributed by atoms with Crippen molar-refractivity contribution >= 4 is 21.9 Å². The first-order valence-electron chi connectivity index (χ1n) is 13.3. The van der Waals surface area contributed by atoms with Gasteiger partial charge in [-0.3, -0.25) is 4.98 Å². The number of rotatable bonds is 9. The van der Waals surface area contributed by atoms with Crippen LogP contribution < -0.4 is 9.64 Å². The number of amides is 1. The van der Waals surface area contributed by atoms with Gasteiger partial charge >= 0.3 is 6.09 Å². The Labute approximate surface area is 223 Å². The number of sulfonamides is 1. The van der Waals surface area contributed by atoms with Crippen LogP contribution in [0.5, 0.6) is 5.88 Å². The number of nitrogens with zero attached hydrogens (tertiary/aromatic N) is 6. The van der Waals surface area contributed by atoms with E-state index in [9.17, 15) is 18.3 Å². The maximum Gasteiger partial charge on any atom is 0.407 e. The number of carboxylic acid groups (broad SMARTS) is 1. The van der Waals surface area contributed by atoms with Crippen molar-refractivity contribution in [2.45, 2.75) is 45.1 Å². The van der Waals surface area contributed by atoms with E-state index in [0.29, 0.717) is 57.4 Å². The molecule has 0 bridgehead atoms. The summed E-state index contributed by atoms with van der Waals surface area (Å²) in [6, 6.07) is 3.73. The van der Waals surface area contributed by atoms with Crippen molar-refractivity contribution in [1.82, 2.24) is 24.2 Å². The molecule has 5 rings (SSSR count). The smallest absolute Gasteiger partial charge is 0.407 e. The molecule has 2 unspecified atom stereocenters. The summed E-state index contributed by atoms with van der Waals surface area (Å²) in [7, 11) is -3.34. The van der Waals surface area contributed by atoms with E-state index < -0.39 is 16.1 Å². The van der Waals surface area contributed by atoms with Gasteiger partial charge in [-0.15, -0.1) is 0 Å². The second-order valence-electron chi connectivity index (χ2n) is 10.9. The van der Waals surface area contributed by atoms with Crippen molar-refractivity contribution in [3.8, 4) is 5.88 Å². The van der Waals surface area contributed by atoms with Gasteiger partial charge < -0.3 is 19.6 Å².